The number of rotatable bonds is 4. The predicted molar refractivity (Wildman–Crippen MR) is 72.4 cm³/mol. The Morgan fingerprint density at radius 1 is 1.40 bits per heavy atom. The van der Waals surface area contributed by atoms with Gasteiger partial charge in [-0.25, -0.2) is 4.79 Å². The highest BCUT2D eigenvalue weighted by Crippen LogP contribution is 2.24. The number of amides is 1. The largest absolute Gasteiger partial charge is 0.497 e. The van der Waals surface area contributed by atoms with Gasteiger partial charge in [0.15, 0.2) is 0 Å². The van der Waals surface area contributed by atoms with E-state index in [9.17, 15) is 14.7 Å². The summed E-state index contributed by atoms with van der Waals surface area (Å²) < 4.78 is 10.2. The molecule has 0 saturated carbocycles. The second kappa shape index (κ2) is 5.34. The molecule has 0 bridgehead atoms. The lowest BCUT2D eigenvalue weighted by atomic mass is 9.97. The Morgan fingerprint density at radius 3 is 2.70 bits per heavy atom. The molecule has 0 saturated heterocycles. The number of aliphatic hydroxyl groups is 1. The fraction of sp³-hybridized carbons (Fsp3) is 0.286. The van der Waals surface area contributed by atoms with Crippen LogP contribution in [0, 0.1) is 5.92 Å². The molecule has 20 heavy (non-hydrogen) atoms. The van der Waals surface area contributed by atoms with Crippen LogP contribution >= 0.6 is 0 Å². The van der Waals surface area contributed by atoms with Gasteiger partial charge in [0.05, 0.1) is 24.7 Å². The molecule has 6 nitrogen and oxygen atoms in total. The third-order valence-corrected chi connectivity index (χ3v) is 3.21. The summed E-state index contributed by atoms with van der Waals surface area (Å²) in [6, 6.07) is 6.47. The van der Waals surface area contributed by atoms with E-state index in [-0.39, 0.29) is 5.56 Å². The highest BCUT2D eigenvalue weighted by molar-refractivity contribution is 5.80. The summed E-state index contributed by atoms with van der Waals surface area (Å²) in [5, 5.41) is 10.6. The molecule has 6 heteroatoms. The molecule has 1 aromatic carbocycles. The second-order valence-electron chi connectivity index (χ2n) is 4.53. The van der Waals surface area contributed by atoms with E-state index in [4.69, 9.17) is 14.9 Å². The maximum Gasteiger partial charge on any atom is 0.342 e. The van der Waals surface area contributed by atoms with E-state index in [0.717, 1.165) is 0 Å². The highest BCUT2D eigenvalue weighted by atomic mass is 16.5. The monoisotopic (exact) mass is 277 g/mol. The van der Waals surface area contributed by atoms with Crippen molar-refractivity contribution in [3.8, 4) is 5.75 Å². The minimum atomic E-state index is -1.30. The first kappa shape index (κ1) is 14.1. The summed E-state index contributed by atoms with van der Waals surface area (Å²) in [4.78, 5) is 23.0. The molecule has 2 rings (SSSR count). The van der Waals surface area contributed by atoms with Gasteiger partial charge in [0.1, 0.15) is 11.3 Å². The third kappa shape index (κ3) is 2.50. The first-order chi connectivity index (χ1) is 9.43. The predicted octanol–water partition coefficient (Wildman–Crippen LogP) is 0.956. The smallest absolute Gasteiger partial charge is 0.342 e. The standard InChI is InChI=1S/C14H15NO5/c1-7(13(15)17)12(16)10-5-8-3-4-9(19-2)6-11(8)20-14(10)18/h3-7,12,16H,1-2H3,(H2,15,17). The number of hydrogen-bond acceptors (Lipinski definition) is 5. The summed E-state index contributed by atoms with van der Waals surface area (Å²) in [7, 11) is 1.51. The zero-order valence-electron chi connectivity index (χ0n) is 11.1. The Bertz CT molecular complexity index is 706. The average molecular weight is 277 g/mol. The molecule has 106 valence electrons. The molecule has 0 fully saturated rings. The van der Waals surface area contributed by atoms with Crippen LogP contribution in [-0.4, -0.2) is 18.1 Å². The van der Waals surface area contributed by atoms with Gasteiger partial charge in [0.2, 0.25) is 5.91 Å². The van der Waals surface area contributed by atoms with Crippen LogP contribution in [0.25, 0.3) is 11.0 Å². The van der Waals surface area contributed by atoms with Crippen LogP contribution < -0.4 is 16.1 Å². The molecule has 2 unspecified atom stereocenters. The fourth-order valence-corrected chi connectivity index (χ4v) is 1.87. The van der Waals surface area contributed by atoms with Gasteiger partial charge >= 0.3 is 5.63 Å². The number of methoxy groups -OCH3 is 1. The number of ether oxygens (including phenoxy) is 1. The van der Waals surface area contributed by atoms with Gasteiger partial charge in [0.25, 0.3) is 0 Å². The van der Waals surface area contributed by atoms with Crippen molar-refractivity contribution in [2.75, 3.05) is 7.11 Å². The molecular formula is C14H15NO5. The van der Waals surface area contributed by atoms with Crippen LogP contribution in [0.1, 0.15) is 18.6 Å². The van der Waals surface area contributed by atoms with Crippen LogP contribution in [0.15, 0.2) is 33.5 Å². The SMILES string of the molecule is COc1ccc2cc(C(O)C(C)C(N)=O)c(=O)oc2c1. The first-order valence-electron chi connectivity index (χ1n) is 6.03. The van der Waals surface area contributed by atoms with Crippen LogP contribution in [-0.2, 0) is 4.79 Å². The molecule has 1 aromatic heterocycles. The summed E-state index contributed by atoms with van der Waals surface area (Å²) in [5.41, 5.74) is 4.78. The van der Waals surface area contributed by atoms with Crippen molar-refractivity contribution < 1.29 is 19.1 Å². The van der Waals surface area contributed by atoms with Crippen LogP contribution in [0.3, 0.4) is 0 Å². The fourth-order valence-electron chi connectivity index (χ4n) is 1.87. The van der Waals surface area contributed by atoms with Crippen molar-refractivity contribution in [3.63, 3.8) is 0 Å². The Balaban J connectivity index is 2.53. The summed E-state index contributed by atoms with van der Waals surface area (Å²) in [6.45, 7) is 1.45. The van der Waals surface area contributed by atoms with Crippen molar-refractivity contribution in [3.05, 3.63) is 40.2 Å². The molecule has 0 aliphatic carbocycles. The van der Waals surface area contributed by atoms with E-state index < -0.39 is 23.6 Å². The Hall–Kier alpha value is -2.34. The normalized spacial score (nSPS) is 13.9. The van der Waals surface area contributed by atoms with E-state index in [1.807, 2.05) is 0 Å². The summed E-state index contributed by atoms with van der Waals surface area (Å²) >= 11 is 0. The maximum absolute atomic E-state index is 11.9. The van der Waals surface area contributed by atoms with Crippen LogP contribution in [0.5, 0.6) is 5.75 Å². The summed E-state index contributed by atoms with van der Waals surface area (Å²) in [5.74, 6) is -1.01. The number of carbonyl (C=O) groups excluding carboxylic acids is 1. The lowest BCUT2D eigenvalue weighted by Crippen LogP contribution is -2.28. The van der Waals surface area contributed by atoms with E-state index in [0.29, 0.717) is 16.7 Å². The van der Waals surface area contributed by atoms with Crippen molar-refractivity contribution in [1.82, 2.24) is 0 Å². The van der Waals surface area contributed by atoms with E-state index in [1.54, 1.807) is 18.2 Å². The molecule has 1 heterocycles. The number of primary amides is 1. The number of benzene rings is 1. The molecule has 0 radical (unpaired) electrons. The van der Waals surface area contributed by atoms with Crippen molar-refractivity contribution in [2.24, 2.45) is 11.7 Å². The molecule has 0 aliphatic heterocycles. The van der Waals surface area contributed by atoms with E-state index >= 15 is 0 Å². The lowest BCUT2D eigenvalue weighted by Gasteiger charge is -2.15. The van der Waals surface area contributed by atoms with Crippen molar-refractivity contribution in [2.45, 2.75) is 13.0 Å². The molecule has 0 spiro atoms. The van der Waals surface area contributed by atoms with Gasteiger partial charge in [-0.05, 0) is 18.2 Å². The Morgan fingerprint density at radius 2 is 2.10 bits per heavy atom. The molecule has 1 amide bonds. The van der Waals surface area contributed by atoms with Gasteiger partial charge in [-0.15, -0.1) is 0 Å². The Labute approximate surface area is 114 Å². The minimum absolute atomic E-state index is 0.00830. The average Bonchev–Trinajstić information content (AvgIpc) is 2.44. The van der Waals surface area contributed by atoms with Gasteiger partial charge in [-0.2, -0.15) is 0 Å². The number of hydrogen-bond donors (Lipinski definition) is 2. The first-order valence-corrected chi connectivity index (χ1v) is 6.03. The number of fused-ring (bicyclic) bond motifs is 1. The minimum Gasteiger partial charge on any atom is -0.497 e. The number of aliphatic hydroxyl groups excluding tert-OH is 1. The summed E-state index contributed by atoms with van der Waals surface area (Å²) in [6.07, 6.45) is -1.30. The van der Waals surface area contributed by atoms with Crippen LogP contribution in [0.2, 0.25) is 0 Å². The van der Waals surface area contributed by atoms with Crippen LogP contribution in [0.4, 0.5) is 0 Å². The topological polar surface area (TPSA) is 103 Å². The van der Waals surface area contributed by atoms with Crippen molar-refractivity contribution >= 4 is 16.9 Å². The van der Waals surface area contributed by atoms with Gasteiger partial charge in [-0.3, -0.25) is 4.79 Å². The zero-order valence-corrected chi connectivity index (χ0v) is 11.1. The van der Waals surface area contributed by atoms with Crippen molar-refractivity contribution in [1.29, 1.82) is 0 Å². The number of nitrogens with two attached hydrogens (primary N) is 1. The second-order valence-corrected chi connectivity index (χ2v) is 4.53. The molecule has 0 aliphatic rings. The molecule has 2 aromatic rings. The zero-order chi connectivity index (χ0) is 14.9. The molecule has 2 atom stereocenters. The Kier molecular flexibility index (Phi) is 3.76. The van der Waals surface area contributed by atoms with Gasteiger partial charge in [-0.1, -0.05) is 6.92 Å². The quantitative estimate of drug-likeness (QED) is 0.810. The third-order valence-electron chi connectivity index (χ3n) is 3.21. The van der Waals surface area contributed by atoms with E-state index in [2.05, 4.69) is 0 Å². The van der Waals surface area contributed by atoms with Gasteiger partial charge < -0.3 is 20.0 Å². The van der Waals surface area contributed by atoms with Gasteiger partial charge in [0, 0.05) is 11.5 Å². The molecular weight excluding hydrogens is 262 g/mol. The maximum atomic E-state index is 11.9. The molecule has 3 N–H and O–H groups in total. The van der Waals surface area contributed by atoms with E-state index in [1.165, 1.54) is 20.1 Å². The highest BCUT2D eigenvalue weighted by Gasteiger charge is 2.25. The lowest BCUT2D eigenvalue weighted by molar-refractivity contribution is -0.124. The number of carbonyl (C=O) groups is 1.